The molecule has 0 atom stereocenters. The van der Waals surface area contributed by atoms with Crippen LogP contribution in [-0.2, 0) is 0 Å². The van der Waals surface area contributed by atoms with Gasteiger partial charge in [0.05, 0.1) is 0 Å². The smallest absolute Gasteiger partial charge is 0.256 e. The first-order valence-corrected chi connectivity index (χ1v) is 7.96. The van der Waals surface area contributed by atoms with E-state index in [1.165, 1.54) is 6.33 Å². The van der Waals surface area contributed by atoms with E-state index < -0.39 is 0 Å². The zero-order valence-electron chi connectivity index (χ0n) is 13.6. The van der Waals surface area contributed by atoms with Crippen molar-refractivity contribution in [3.63, 3.8) is 0 Å². The molecule has 26 heavy (non-hydrogen) atoms. The number of aromatic hydroxyl groups is 1. The second-order valence-electron chi connectivity index (χ2n) is 5.70. The third kappa shape index (κ3) is 3.08. The van der Waals surface area contributed by atoms with Gasteiger partial charge in [-0.25, -0.2) is 15.0 Å². The van der Waals surface area contributed by atoms with Crippen LogP contribution >= 0.6 is 0 Å². The van der Waals surface area contributed by atoms with Crippen LogP contribution in [0.3, 0.4) is 0 Å². The lowest BCUT2D eigenvalue weighted by Gasteiger charge is -2.07. The highest BCUT2D eigenvalue weighted by Crippen LogP contribution is 2.30. The van der Waals surface area contributed by atoms with E-state index in [2.05, 4.69) is 20.3 Å². The SMILES string of the molecule is O=C(Nc1ccccn1)c1ccc(-c2cc(O)c3ncncc3c2)cc1. The van der Waals surface area contributed by atoms with Crippen molar-refractivity contribution in [1.82, 2.24) is 15.0 Å². The maximum absolute atomic E-state index is 12.3. The minimum atomic E-state index is -0.231. The number of hydrogen-bond acceptors (Lipinski definition) is 5. The van der Waals surface area contributed by atoms with Gasteiger partial charge in [0.25, 0.3) is 5.91 Å². The van der Waals surface area contributed by atoms with E-state index in [0.717, 1.165) is 16.5 Å². The number of nitrogens with one attached hydrogen (secondary N) is 1. The van der Waals surface area contributed by atoms with Gasteiger partial charge in [0, 0.05) is 23.3 Å². The van der Waals surface area contributed by atoms with E-state index in [4.69, 9.17) is 0 Å². The van der Waals surface area contributed by atoms with Crippen LogP contribution in [-0.4, -0.2) is 26.0 Å². The molecule has 0 radical (unpaired) electrons. The van der Waals surface area contributed by atoms with Gasteiger partial charge in [-0.2, -0.15) is 0 Å². The predicted octanol–water partition coefficient (Wildman–Crippen LogP) is 3.65. The molecule has 2 aromatic carbocycles. The molecule has 6 heteroatoms. The molecule has 0 saturated carbocycles. The van der Waals surface area contributed by atoms with Gasteiger partial charge in [0.15, 0.2) is 0 Å². The van der Waals surface area contributed by atoms with E-state index in [1.54, 1.807) is 42.7 Å². The molecule has 0 aliphatic carbocycles. The quantitative estimate of drug-likeness (QED) is 0.593. The van der Waals surface area contributed by atoms with Crippen molar-refractivity contribution in [3.05, 3.63) is 78.9 Å². The molecule has 0 spiro atoms. The Morgan fingerprint density at radius 3 is 2.58 bits per heavy atom. The van der Waals surface area contributed by atoms with Crippen LogP contribution in [0.4, 0.5) is 5.82 Å². The summed E-state index contributed by atoms with van der Waals surface area (Å²) in [6.07, 6.45) is 4.67. The van der Waals surface area contributed by atoms with Gasteiger partial charge < -0.3 is 10.4 Å². The van der Waals surface area contributed by atoms with E-state index >= 15 is 0 Å². The Hall–Kier alpha value is -3.80. The lowest BCUT2D eigenvalue weighted by atomic mass is 10.0. The third-order valence-corrected chi connectivity index (χ3v) is 3.97. The lowest BCUT2D eigenvalue weighted by molar-refractivity contribution is 0.102. The Bertz CT molecular complexity index is 1080. The highest BCUT2D eigenvalue weighted by molar-refractivity contribution is 6.04. The number of nitrogens with zero attached hydrogens (tertiary/aromatic N) is 3. The molecule has 0 aliphatic heterocycles. The molecule has 4 rings (SSSR count). The van der Waals surface area contributed by atoms with Crippen LogP contribution in [0.25, 0.3) is 22.0 Å². The largest absolute Gasteiger partial charge is 0.506 e. The Morgan fingerprint density at radius 1 is 0.962 bits per heavy atom. The van der Waals surface area contributed by atoms with Gasteiger partial charge in [0.2, 0.25) is 0 Å². The first kappa shape index (κ1) is 15.7. The van der Waals surface area contributed by atoms with Gasteiger partial charge >= 0.3 is 0 Å². The molecule has 2 N–H and O–H groups in total. The number of carbonyl (C=O) groups excluding carboxylic acids is 1. The molecule has 0 bridgehead atoms. The van der Waals surface area contributed by atoms with Gasteiger partial charge in [-0.3, -0.25) is 4.79 Å². The number of carbonyl (C=O) groups is 1. The van der Waals surface area contributed by atoms with Gasteiger partial charge in [0.1, 0.15) is 23.4 Å². The summed E-state index contributed by atoms with van der Waals surface area (Å²) in [5.74, 6) is 0.364. The van der Waals surface area contributed by atoms with E-state index in [0.29, 0.717) is 16.9 Å². The average Bonchev–Trinajstić information content (AvgIpc) is 2.69. The molecule has 1 amide bonds. The number of phenols is 1. The van der Waals surface area contributed by atoms with Gasteiger partial charge in [-0.1, -0.05) is 18.2 Å². The van der Waals surface area contributed by atoms with Crippen molar-refractivity contribution in [3.8, 4) is 16.9 Å². The number of pyridine rings is 1. The molecular weight excluding hydrogens is 328 g/mol. The molecule has 0 unspecified atom stereocenters. The van der Waals surface area contributed by atoms with Gasteiger partial charge in [-0.15, -0.1) is 0 Å². The number of amides is 1. The minimum absolute atomic E-state index is 0.0943. The number of hydrogen-bond donors (Lipinski definition) is 2. The number of aromatic nitrogens is 3. The summed E-state index contributed by atoms with van der Waals surface area (Å²) in [6.45, 7) is 0. The standard InChI is InChI=1S/C20H14N4O2/c25-17-10-15(9-16-11-21-12-23-19(16)17)13-4-6-14(7-5-13)20(26)24-18-3-1-2-8-22-18/h1-12,25H,(H,22,24,26). The molecule has 0 saturated heterocycles. The van der Waals surface area contributed by atoms with Crippen LogP contribution in [0.5, 0.6) is 5.75 Å². The van der Waals surface area contributed by atoms with Crippen LogP contribution < -0.4 is 5.32 Å². The molecule has 0 aliphatic rings. The zero-order valence-corrected chi connectivity index (χ0v) is 13.6. The topological polar surface area (TPSA) is 88.0 Å². The first-order chi connectivity index (χ1) is 12.7. The molecule has 0 fully saturated rings. The Labute approximate surface area is 149 Å². The van der Waals surface area contributed by atoms with Crippen molar-refractivity contribution in [1.29, 1.82) is 0 Å². The first-order valence-electron chi connectivity index (χ1n) is 7.96. The van der Waals surface area contributed by atoms with Crippen molar-refractivity contribution in [2.75, 3.05) is 5.32 Å². The van der Waals surface area contributed by atoms with E-state index in [-0.39, 0.29) is 11.7 Å². The highest BCUT2D eigenvalue weighted by atomic mass is 16.3. The van der Waals surface area contributed by atoms with Gasteiger partial charge in [-0.05, 0) is 47.5 Å². The van der Waals surface area contributed by atoms with E-state index in [9.17, 15) is 9.90 Å². The average molecular weight is 342 g/mol. The van der Waals surface area contributed by atoms with Crippen molar-refractivity contribution in [2.45, 2.75) is 0 Å². The third-order valence-electron chi connectivity index (χ3n) is 3.97. The number of anilines is 1. The molecular formula is C20H14N4O2. The molecule has 6 nitrogen and oxygen atoms in total. The number of fused-ring (bicyclic) bond motifs is 1. The molecule has 126 valence electrons. The second-order valence-corrected chi connectivity index (χ2v) is 5.70. The van der Waals surface area contributed by atoms with Crippen molar-refractivity contribution in [2.24, 2.45) is 0 Å². The monoisotopic (exact) mass is 342 g/mol. The van der Waals surface area contributed by atoms with Crippen molar-refractivity contribution < 1.29 is 9.90 Å². The summed E-state index contributed by atoms with van der Waals surface area (Å²) in [4.78, 5) is 24.4. The fraction of sp³-hybridized carbons (Fsp3) is 0. The lowest BCUT2D eigenvalue weighted by Crippen LogP contribution is -2.12. The summed E-state index contributed by atoms with van der Waals surface area (Å²) in [6, 6.07) is 16.0. The van der Waals surface area contributed by atoms with Crippen LogP contribution in [0, 0.1) is 0 Å². The fourth-order valence-corrected chi connectivity index (χ4v) is 2.69. The van der Waals surface area contributed by atoms with Crippen molar-refractivity contribution >= 4 is 22.6 Å². The Kier molecular flexibility index (Phi) is 3.99. The Morgan fingerprint density at radius 2 is 1.81 bits per heavy atom. The summed E-state index contributed by atoms with van der Waals surface area (Å²) in [5.41, 5.74) is 2.73. The number of benzene rings is 2. The Balaban J connectivity index is 1.61. The summed E-state index contributed by atoms with van der Waals surface area (Å²) in [5, 5.41) is 13.7. The number of rotatable bonds is 3. The number of phenolic OH excluding ortho intramolecular Hbond substituents is 1. The molecule has 2 aromatic heterocycles. The maximum Gasteiger partial charge on any atom is 0.256 e. The summed E-state index contributed by atoms with van der Waals surface area (Å²) in [7, 11) is 0. The summed E-state index contributed by atoms with van der Waals surface area (Å²) >= 11 is 0. The molecule has 4 aromatic rings. The van der Waals surface area contributed by atoms with Crippen LogP contribution in [0.2, 0.25) is 0 Å². The minimum Gasteiger partial charge on any atom is -0.506 e. The zero-order chi connectivity index (χ0) is 17.9. The predicted molar refractivity (Wildman–Crippen MR) is 98.8 cm³/mol. The van der Waals surface area contributed by atoms with E-state index in [1.807, 2.05) is 24.3 Å². The summed E-state index contributed by atoms with van der Waals surface area (Å²) < 4.78 is 0. The second kappa shape index (κ2) is 6.60. The molecule has 2 heterocycles. The van der Waals surface area contributed by atoms with Crippen LogP contribution in [0.1, 0.15) is 10.4 Å². The highest BCUT2D eigenvalue weighted by Gasteiger charge is 2.09. The normalized spacial score (nSPS) is 10.6. The maximum atomic E-state index is 12.3. The van der Waals surface area contributed by atoms with Crippen LogP contribution in [0.15, 0.2) is 73.3 Å². The fourth-order valence-electron chi connectivity index (χ4n) is 2.69.